The molecule has 3 aromatic rings. The summed E-state index contributed by atoms with van der Waals surface area (Å²) < 4.78 is 54.6. The number of aliphatic carboxylic acids is 1. The van der Waals surface area contributed by atoms with Gasteiger partial charge in [0, 0.05) is 30.4 Å². The number of pyridine rings is 1. The molecule has 0 saturated heterocycles. The van der Waals surface area contributed by atoms with Gasteiger partial charge >= 0.3 is 5.97 Å². The highest BCUT2D eigenvalue weighted by Gasteiger charge is 2.25. The van der Waals surface area contributed by atoms with Crippen LogP contribution in [-0.4, -0.2) is 28.0 Å². The number of anilines is 2. The van der Waals surface area contributed by atoms with Crippen molar-refractivity contribution in [1.82, 2.24) is 4.98 Å². The van der Waals surface area contributed by atoms with E-state index in [1.807, 2.05) is 5.32 Å². The highest BCUT2D eigenvalue weighted by Crippen LogP contribution is 2.29. The molecule has 1 atom stereocenters. The number of nitrogens with zero attached hydrogens (tertiary/aromatic N) is 1. The second kappa shape index (κ2) is 10.1. The molecule has 2 aromatic carbocycles. The Labute approximate surface area is 194 Å². The van der Waals surface area contributed by atoms with Crippen LogP contribution in [0, 0.1) is 23.3 Å². The molecule has 1 heterocycles. The van der Waals surface area contributed by atoms with Crippen LogP contribution in [0.4, 0.5) is 28.9 Å². The second-order valence-corrected chi connectivity index (χ2v) is 7.53. The van der Waals surface area contributed by atoms with Gasteiger partial charge in [0.15, 0.2) is 23.3 Å². The monoisotopic (exact) mass is 501 g/mol. The Morgan fingerprint density at radius 2 is 1.48 bits per heavy atom. The first-order valence-corrected chi connectivity index (χ1v) is 9.85. The van der Waals surface area contributed by atoms with Gasteiger partial charge in [-0.15, -0.1) is 0 Å². The molecule has 6 nitrogen and oxygen atoms in total. The van der Waals surface area contributed by atoms with Gasteiger partial charge in [-0.25, -0.2) is 22.4 Å². The van der Waals surface area contributed by atoms with E-state index in [0.717, 1.165) is 0 Å². The summed E-state index contributed by atoms with van der Waals surface area (Å²) in [7, 11) is 0. The lowest BCUT2D eigenvalue weighted by atomic mass is 10.0. The van der Waals surface area contributed by atoms with Crippen molar-refractivity contribution in [2.75, 3.05) is 10.6 Å². The predicted octanol–water partition coefficient (Wildman–Crippen LogP) is 5.30. The van der Waals surface area contributed by atoms with Crippen molar-refractivity contribution in [2.24, 2.45) is 0 Å². The van der Waals surface area contributed by atoms with E-state index < -0.39 is 46.9 Å². The molecule has 1 amide bonds. The highest BCUT2D eigenvalue weighted by molar-refractivity contribution is 6.39. The number of nitrogens with one attached hydrogen (secondary N) is 2. The number of halogens is 6. The van der Waals surface area contributed by atoms with Gasteiger partial charge in [-0.3, -0.25) is 9.78 Å². The first-order chi connectivity index (χ1) is 15.6. The average molecular weight is 502 g/mol. The Bertz CT molecular complexity index is 1180. The third kappa shape index (κ3) is 5.52. The van der Waals surface area contributed by atoms with Crippen LogP contribution in [-0.2, 0) is 11.2 Å². The van der Waals surface area contributed by atoms with Crippen LogP contribution < -0.4 is 10.6 Å². The fourth-order valence-corrected chi connectivity index (χ4v) is 3.28. The van der Waals surface area contributed by atoms with Crippen LogP contribution in [0.5, 0.6) is 0 Å². The second-order valence-electron chi connectivity index (χ2n) is 6.71. The molecule has 1 unspecified atom stereocenters. The van der Waals surface area contributed by atoms with Gasteiger partial charge in [0.25, 0.3) is 5.91 Å². The van der Waals surface area contributed by atoms with E-state index in [1.165, 1.54) is 36.7 Å². The van der Waals surface area contributed by atoms with Gasteiger partial charge in [0.1, 0.15) is 11.7 Å². The molecular weight excluding hydrogens is 489 g/mol. The third-order valence-electron chi connectivity index (χ3n) is 4.48. The van der Waals surface area contributed by atoms with E-state index in [4.69, 9.17) is 23.2 Å². The van der Waals surface area contributed by atoms with E-state index in [2.05, 4.69) is 10.3 Å². The van der Waals surface area contributed by atoms with Crippen molar-refractivity contribution in [3.63, 3.8) is 0 Å². The van der Waals surface area contributed by atoms with Crippen LogP contribution >= 0.6 is 23.2 Å². The van der Waals surface area contributed by atoms with E-state index in [1.54, 1.807) is 0 Å². The average Bonchev–Trinajstić information content (AvgIpc) is 2.77. The number of hydrogen-bond acceptors (Lipinski definition) is 4. The Morgan fingerprint density at radius 1 is 0.939 bits per heavy atom. The Balaban J connectivity index is 1.76. The van der Waals surface area contributed by atoms with Crippen LogP contribution in [0.1, 0.15) is 15.9 Å². The summed E-state index contributed by atoms with van der Waals surface area (Å²) in [6.45, 7) is 0. The highest BCUT2D eigenvalue weighted by atomic mass is 35.5. The summed E-state index contributed by atoms with van der Waals surface area (Å²) in [4.78, 5) is 27.8. The molecule has 0 aliphatic heterocycles. The number of carbonyl (C=O) groups is 2. The molecule has 12 heteroatoms. The molecule has 0 radical (unpaired) electrons. The lowest BCUT2D eigenvalue weighted by Gasteiger charge is -2.17. The third-order valence-corrected chi connectivity index (χ3v) is 5.05. The van der Waals surface area contributed by atoms with E-state index >= 15 is 0 Å². The van der Waals surface area contributed by atoms with Gasteiger partial charge < -0.3 is 15.7 Å². The van der Waals surface area contributed by atoms with Gasteiger partial charge in [-0.1, -0.05) is 35.3 Å². The maximum absolute atomic E-state index is 13.9. The zero-order chi connectivity index (χ0) is 24.3. The SMILES string of the molecule is O=C(Nc1c(Cl)cncc1Cl)c1ccc(CC(Nc2c(F)c(F)cc(F)c2F)C(=O)O)cc1. The fourth-order valence-electron chi connectivity index (χ4n) is 2.82. The van der Waals surface area contributed by atoms with Crippen molar-refractivity contribution in [3.8, 4) is 0 Å². The first kappa shape index (κ1) is 24.3. The number of carboxylic acids is 1. The first-order valence-electron chi connectivity index (χ1n) is 9.10. The van der Waals surface area contributed by atoms with Gasteiger partial charge in [0.05, 0.1) is 15.7 Å². The summed E-state index contributed by atoms with van der Waals surface area (Å²) >= 11 is 11.9. The molecule has 3 rings (SSSR count). The number of amides is 1. The minimum absolute atomic E-state index is 0.0156. The number of rotatable bonds is 7. The van der Waals surface area contributed by atoms with Crippen LogP contribution in [0.25, 0.3) is 0 Å². The van der Waals surface area contributed by atoms with E-state index in [9.17, 15) is 32.3 Å². The summed E-state index contributed by atoms with van der Waals surface area (Å²) in [5, 5.41) is 14.1. The summed E-state index contributed by atoms with van der Waals surface area (Å²) in [6, 6.07) is 3.93. The molecule has 1 aromatic heterocycles. The predicted molar refractivity (Wildman–Crippen MR) is 114 cm³/mol. The van der Waals surface area contributed by atoms with Crippen LogP contribution in [0.2, 0.25) is 10.0 Å². The zero-order valence-electron chi connectivity index (χ0n) is 16.3. The minimum Gasteiger partial charge on any atom is -0.480 e. The quantitative estimate of drug-likeness (QED) is 0.301. The number of carboxylic acid groups (broad SMARTS) is 1. The Hall–Kier alpha value is -3.37. The molecule has 172 valence electrons. The molecule has 0 fully saturated rings. The van der Waals surface area contributed by atoms with Crippen molar-refractivity contribution in [1.29, 1.82) is 0 Å². The molecule has 0 bridgehead atoms. The van der Waals surface area contributed by atoms with Gasteiger partial charge in [-0.05, 0) is 17.7 Å². The largest absolute Gasteiger partial charge is 0.480 e. The lowest BCUT2D eigenvalue weighted by molar-refractivity contribution is -0.137. The maximum Gasteiger partial charge on any atom is 0.326 e. The zero-order valence-corrected chi connectivity index (χ0v) is 17.8. The van der Waals surface area contributed by atoms with Crippen molar-refractivity contribution >= 4 is 46.5 Å². The number of aromatic nitrogens is 1. The van der Waals surface area contributed by atoms with Gasteiger partial charge in [0.2, 0.25) is 0 Å². The maximum atomic E-state index is 13.9. The standard InChI is InChI=1S/C21H13Cl2F4N3O3/c22-11-7-28-8-12(23)18(11)30-20(31)10-3-1-9(2-4-10)5-15(21(32)33)29-19-16(26)13(24)6-14(25)17(19)27/h1-4,6-8,15,29H,5H2,(H,32,33)(H,28,30,31). The molecule has 0 aliphatic carbocycles. The number of benzene rings is 2. The van der Waals surface area contributed by atoms with Crippen molar-refractivity contribution in [2.45, 2.75) is 12.5 Å². The molecular formula is C21H13Cl2F4N3O3. The van der Waals surface area contributed by atoms with E-state index in [0.29, 0.717) is 5.56 Å². The molecule has 0 saturated carbocycles. The topological polar surface area (TPSA) is 91.3 Å². The Morgan fingerprint density at radius 3 is 2.00 bits per heavy atom. The molecule has 0 aliphatic rings. The molecule has 33 heavy (non-hydrogen) atoms. The van der Waals surface area contributed by atoms with Crippen molar-refractivity contribution < 1.29 is 32.3 Å². The van der Waals surface area contributed by atoms with Gasteiger partial charge in [-0.2, -0.15) is 0 Å². The summed E-state index contributed by atoms with van der Waals surface area (Å²) in [5.74, 6) is -8.94. The lowest BCUT2D eigenvalue weighted by Crippen LogP contribution is -2.32. The van der Waals surface area contributed by atoms with Crippen LogP contribution in [0.3, 0.4) is 0 Å². The number of carbonyl (C=O) groups excluding carboxylic acids is 1. The Kier molecular flexibility index (Phi) is 7.39. The summed E-state index contributed by atoms with van der Waals surface area (Å²) in [6.07, 6.45) is 2.26. The van der Waals surface area contributed by atoms with Crippen LogP contribution in [0.15, 0.2) is 42.7 Å². The smallest absolute Gasteiger partial charge is 0.326 e. The summed E-state index contributed by atoms with van der Waals surface area (Å²) in [5.41, 5.74) is -0.554. The molecule has 0 spiro atoms. The van der Waals surface area contributed by atoms with E-state index in [-0.39, 0.29) is 33.8 Å². The normalized spacial score (nSPS) is 11.7. The fraction of sp³-hybridized carbons (Fsp3) is 0.0952. The van der Waals surface area contributed by atoms with Crippen molar-refractivity contribution in [3.05, 3.63) is 87.2 Å². The minimum atomic E-state index is -1.75. The number of hydrogen-bond donors (Lipinski definition) is 3. The molecule has 3 N–H and O–H groups in total.